The van der Waals surface area contributed by atoms with Crippen LogP contribution >= 0.6 is 0 Å². The van der Waals surface area contributed by atoms with Crippen molar-refractivity contribution in [2.24, 2.45) is 0 Å². The van der Waals surface area contributed by atoms with E-state index in [1.165, 1.54) is 17.7 Å². The Balaban J connectivity index is 1.60. The minimum Gasteiger partial charge on any atom is -0.321 e. The van der Waals surface area contributed by atoms with Crippen molar-refractivity contribution in [1.82, 2.24) is 0 Å². The number of benzene rings is 2. The molecule has 1 amide bonds. The lowest BCUT2D eigenvalue weighted by Crippen LogP contribution is -2.39. The van der Waals surface area contributed by atoms with Gasteiger partial charge in [0, 0.05) is 17.8 Å². The molecular weight excluding hydrogens is 353 g/mol. The summed E-state index contributed by atoms with van der Waals surface area (Å²) in [7, 11) is 0. The van der Waals surface area contributed by atoms with Crippen LogP contribution in [0.3, 0.4) is 0 Å². The van der Waals surface area contributed by atoms with Gasteiger partial charge in [0.15, 0.2) is 12.4 Å². The number of carbonyl (C=O) groups excluding carboxylic acids is 1. The number of halogens is 3. The Bertz CT molecular complexity index is 907. The molecule has 0 radical (unpaired) electrons. The highest BCUT2D eigenvalue weighted by atomic mass is 19.4. The summed E-state index contributed by atoms with van der Waals surface area (Å²) in [5.41, 5.74) is 1.63. The zero-order valence-electron chi connectivity index (χ0n) is 14.4. The summed E-state index contributed by atoms with van der Waals surface area (Å²) in [6.45, 7) is 0.0157. The molecule has 0 fully saturated rings. The molecular formula is C21H18F3N2O+. The van der Waals surface area contributed by atoms with Crippen molar-refractivity contribution in [1.29, 1.82) is 0 Å². The molecule has 3 nitrogen and oxygen atoms in total. The number of aromatic nitrogens is 1. The van der Waals surface area contributed by atoms with Gasteiger partial charge >= 0.3 is 6.18 Å². The Labute approximate surface area is 155 Å². The summed E-state index contributed by atoms with van der Waals surface area (Å²) in [6.07, 6.45) is -0.0871. The van der Waals surface area contributed by atoms with Crippen LogP contribution in [-0.2, 0) is 23.9 Å². The number of pyridine rings is 1. The molecule has 1 heterocycles. The van der Waals surface area contributed by atoms with Gasteiger partial charge < -0.3 is 5.32 Å². The lowest BCUT2D eigenvalue weighted by atomic mass is 10.1. The van der Waals surface area contributed by atoms with Gasteiger partial charge in [-0.25, -0.2) is 0 Å². The third-order valence-electron chi connectivity index (χ3n) is 4.01. The minimum absolute atomic E-state index is 0.0157. The first-order valence-corrected chi connectivity index (χ1v) is 8.39. The Morgan fingerprint density at radius 3 is 2.22 bits per heavy atom. The standard InChI is InChI=1S/C21H17F3N2O/c22-21(23,24)18-7-4-8-19(14-18)25-20(27)15-26-11-9-17(10-12-26)13-16-5-2-1-3-6-16/h1-12,14H,13,15H2/p+1. The first kappa shape index (κ1) is 18.6. The molecule has 0 saturated carbocycles. The molecule has 138 valence electrons. The SMILES string of the molecule is O=C(C[n+]1ccc(Cc2ccccc2)cc1)Nc1cccc(C(F)(F)F)c1. The molecule has 0 atom stereocenters. The van der Waals surface area contributed by atoms with E-state index in [0.29, 0.717) is 0 Å². The zero-order chi connectivity index (χ0) is 19.3. The highest BCUT2D eigenvalue weighted by Crippen LogP contribution is 2.30. The van der Waals surface area contributed by atoms with E-state index in [4.69, 9.17) is 0 Å². The van der Waals surface area contributed by atoms with E-state index in [1.54, 1.807) is 17.0 Å². The van der Waals surface area contributed by atoms with E-state index in [1.807, 2.05) is 42.5 Å². The normalized spacial score (nSPS) is 11.2. The van der Waals surface area contributed by atoms with E-state index in [9.17, 15) is 18.0 Å². The van der Waals surface area contributed by atoms with Crippen LogP contribution in [0.4, 0.5) is 18.9 Å². The topological polar surface area (TPSA) is 33.0 Å². The van der Waals surface area contributed by atoms with Crippen molar-refractivity contribution >= 4 is 11.6 Å². The molecule has 6 heteroatoms. The Morgan fingerprint density at radius 2 is 1.56 bits per heavy atom. The molecule has 3 aromatic rings. The lowest BCUT2D eigenvalue weighted by molar-refractivity contribution is -0.684. The second-order valence-electron chi connectivity index (χ2n) is 6.17. The molecule has 0 spiro atoms. The molecule has 3 rings (SSSR count). The van der Waals surface area contributed by atoms with Crippen LogP contribution < -0.4 is 9.88 Å². The number of hydrogen-bond donors (Lipinski definition) is 1. The van der Waals surface area contributed by atoms with E-state index in [-0.39, 0.29) is 12.2 Å². The maximum atomic E-state index is 12.7. The van der Waals surface area contributed by atoms with Crippen LogP contribution in [0.15, 0.2) is 79.1 Å². The largest absolute Gasteiger partial charge is 0.416 e. The smallest absolute Gasteiger partial charge is 0.321 e. The van der Waals surface area contributed by atoms with Crippen LogP contribution in [0, 0.1) is 0 Å². The third kappa shape index (κ3) is 5.41. The van der Waals surface area contributed by atoms with Crippen molar-refractivity contribution in [2.75, 3.05) is 5.32 Å². The van der Waals surface area contributed by atoms with Crippen molar-refractivity contribution in [3.63, 3.8) is 0 Å². The molecule has 0 aliphatic heterocycles. The molecule has 1 aromatic heterocycles. The maximum absolute atomic E-state index is 12.7. The predicted octanol–water partition coefficient (Wildman–Crippen LogP) is 4.22. The highest BCUT2D eigenvalue weighted by molar-refractivity contribution is 5.89. The van der Waals surface area contributed by atoms with Gasteiger partial charge in [0.05, 0.1) is 5.56 Å². The van der Waals surface area contributed by atoms with Crippen LogP contribution in [0.1, 0.15) is 16.7 Å². The Kier molecular flexibility index (Phi) is 5.54. The number of amides is 1. The molecule has 27 heavy (non-hydrogen) atoms. The third-order valence-corrected chi connectivity index (χ3v) is 4.01. The van der Waals surface area contributed by atoms with Gasteiger partial charge in [-0.3, -0.25) is 4.79 Å². The first-order valence-electron chi connectivity index (χ1n) is 8.39. The quantitative estimate of drug-likeness (QED) is 0.669. The van der Waals surface area contributed by atoms with E-state index >= 15 is 0 Å². The monoisotopic (exact) mass is 371 g/mol. The second-order valence-corrected chi connectivity index (χ2v) is 6.17. The van der Waals surface area contributed by atoms with E-state index < -0.39 is 17.6 Å². The average Bonchev–Trinajstić information content (AvgIpc) is 2.64. The van der Waals surface area contributed by atoms with Gasteiger partial charge in [-0.1, -0.05) is 36.4 Å². The molecule has 2 aromatic carbocycles. The average molecular weight is 371 g/mol. The summed E-state index contributed by atoms with van der Waals surface area (Å²) >= 11 is 0. The Hall–Kier alpha value is -3.15. The van der Waals surface area contributed by atoms with Crippen molar-refractivity contribution < 1.29 is 22.5 Å². The predicted molar refractivity (Wildman–Crippen MR) is 96.0 cm³/mol. The van der Waals surface area contributed by atoms with Gasteiger partial charge in [-0.2, -0.15) is 17.7 Å². The van der Waals surface area contributed by atoms with E-state index in [0.717, 1.165) is 24.1 Å². The lowest BCUT2D eigenvalue weighted by Gasteiger charge is -2.09. The number of nitrogens with one attached hydrogen (secondary N) is 1. The summed E-state index contributed by atoms with van der Waals surface area (Å²) in [4.78, 5) is 12.1. The fraction of sp³-hybridized carbons (Fsp3) is 0.143. The summed E-state index contributed by atoms with van der Waals surface area (Å²) in [5.74, 6) is -0.393. The number of nitrogens with zero attached hydrogens (tertiary/aromatic N) is 1. The fourth-order valence-electron chi connectivity index (χ4n) is 2.68. The maximum Gasteiger partial charge on any atom is 0.416 e. The van der Waals surface area contributed by atoms with Crippen LogP contribution in [0.5, 0.6) is 0 Å². The number of anilines is 1. The van der Waals surface area contributed by atoms with Gasteiger partial charge in [-0.05, 0) is 35.7 Å². The van der Waals surface area contributed by atoms with Gasteiger partial charge in [0.2, 0.25) is 6.54 Å². The number of alkyl halides is 3. The number of hydrogen-bond acceptors (Lipinski definition) is 1. The van der Waals surface area contributed by atoms with Crippen LogP contribution in [0.2, 0.25) is 0 Å². The van der Waals surface area contributed by atoms with Crippen LogP contribution in [0.25, 0.3) is 0 Å². The summed E-state index contributed by atoms with van der Waals surface area (Å²) in [5, 5.41) is 2.50. The van der Waals surface area contributed by atoms with Crippen molar-refractivity contribution in [2.45, 2.75) is 19.1 Å². The van der Waals surface area contributed by atoms with Crippen molar-refractivity contribution in [3.8, 4) is 0 Å². The molecule has 0 aliphatic carbocycles. The van der Waals surface area contributed by atoms with E-state index in [2.05, 4.69) is 5.32 Å². The summed E-state index contributed by atoms with van der Waals surface area (Å²) < 4.78 is 39.9. The molecule has 0 aliphatic rings. The molecule has 1 N–H and O–H groups in total. The molecule has 0 bridgehead atoms. The zero-order valence-corrected chi connectivity index (χ0v) is 14.4. The van der Waals surface area contributed by atoms with Crippen LogP contribution in [-0.4, -0.2) is 5.91 Å². The molecule has 0 unspecified atom stereocenters. The fourth-order valence-corrected chi connectivity index (χ4v) is 2.68. The number of carbonyl (C=O) groups is 1. The van der Waals surface area contributed by atoms with Gasteiger partial charge in [0.25, 0.3) is 5.91 Å². The van der Waals surface area contributed by atoms with Crippen molar-refractivity contribution in [3.05, 3.63) is 95.8 Å². The Morgan fingerprint density at radius 1 is 0.889 bits per heavy atom. The first-order chi connectivity index (χ1) is 12.9. The van der Waals surface area contributed by atoms with Gasteiger partial charge in [-0.15, -0.1) is 0 Å². The second kappa shape index (κ2) is 8.03. The number of rotatable bonds is 5. The minimum atomic E-state index is -4.44. The summed E-state index contributed by atoms with van der Waals surface area (Å²) in [6, 6.07) is 18.5. The molecule has 0 saturated heterocycles. The highest BCUT2D eigenvalue weighted by Gasteiger charge is 2.30. The van der Waals surface area contributed by atoms with Gasteiger partial charge in [0.1, 0.15) is 0 Å².